The highest BCUT2D eigenvalue weighted by Crippen LogP contribution is 2.34. The van der Waals surface area contributed by atoms with E-state index in [1.165, 1.54) is 26.4 Å². The van der Waals surface area contributed by atoms with Gasteiger partial charge in [0.2, 0.25) is 0 Å². The second-order valence-corrected chi connectivity index (χ2v) is 3.73. The maximum Gasteiger partial charge on any atom is 0.315 e. The highest BCUT2D eigenvalue weighted by molar-refractivity contribution is 7.81. The number of nitrogens with zero attached hydrogens (tertiary/aromatic N) is 1. The summed E-state index contributed by atoms with van der Waals surface area (Å²) in [6.07, 6.45) is 0. The van der Waals surface area contributed by atoms with Crippen molar-refractivity contribution in [2.75, 3.05) is 20.0 Å². The fraction of sp³-hybridized carbons (Fsp3) is 0.364. The lowest BCUT2D eigenvalue weighted by molar-refractivity contribution is -0.385. The Morgan fingerprint density at radius 3 is 2.37 bits per heavy atom. The molecule has 0 heterocycles. The molecule has 104 valence electrons. The van der Waals surface area contributed by atoms with Crippen molar-refractivity contribution in [3.63, 3.8) is 0 Å². The number of hydrogen-bond donors (Lipinski definition) is 1. The molecule has 0 saturated carbocycles. The molecule has 1 rings (SSSR count). The molecular weight excluding hydrogens is 274 g/mol. The number of thiol groups is 1. The first-order valence-corrected chi connectivity index (χ1v) is 5.82. The lowest BCUT2D eigenvalue weighted by Crippen LogP contribution is -2.07. The topological polar surface area (TPSA) is 87.9 Å². The summed E-state index contributed by atoms with van der Waals surface area (Å²) >= 11 is 3.75. The van der Waals surface area contributed by atoms with Crippen LogP contribution in [0.3, 0.4) is 0 Å². The smallest absolute Gasteiger partial charge is 0.315 e. The van der Waals surface area contributed by atoms with Crippen molar-refractivity contribution in [3.8, 4) is 11.5 Å². The Morgan fingerprint density at radius 2 is 1.89 bits per heavy atom. The molecule has 0 aliphatic heterocycles. The molecule has 0 aliphatic rings. The zero-order valence-corrected chi connectivity index (χ0v) is 11.3. The van der Waals surface area contributed by atoms with Crippen molar-refractivity contribution >= 4 is 24.3 Å². The van der Waals surface area contributed by atoms with E-state index >= 15 is 0 Å². The Morgan fingerprint density at radius 1 is 1.32 bits per heavy atom. The summed E-state index contributed by atoms with van der Waals surface area (Å²) in [7, 11) is 2.79. The van der Waals surface area contributed by atoms with Crippen LogP contribution in [-0.4, -0.2) is 30.9 Å². The van der Waals surface area contributed by atoms with Gasteiger partial charge >= 0.3 is 5.97 Å². The van der Waals surface area contributed by atoms with Gasteiger partial charge in [0.25, 0.3) is 5.69 Å². The molecule has 0 aliphatic carbocycles. The maximum atomic E-state index is 11.0. The van der Waals surface area contributed by atoms with Crippen LogP contribution in [-0.2, 0) is 16.1 Å². The van der Waals surface area contributed by atoms with Crippen LogP contribution in [0, 0.1) is 10.1 Å². The molecule has 8 heteroatoms. The van der Waals surface area contributed by atoms with E-state index in [1.807, 2.05) is 0 Å². The standard InChI is InChI=1S/C11H13NO6S/c1-16-9-3-7(5-18-11(13)6-19)8(12(14)15)4-10(9)17-2/h3-4,19H,5-6H2,1-2H3. The van der Waals surface area contributed by atoms with E-state index in [-0.39, 0.29) is 29.4 Å². The monoisotopic (exact) mass is 287 g/mol. The number of benzene rings is 1. The van der Waals surface area contributed by atoms with Crippen LogP contribution in [0.2, 0.25) is 0 Å². The van der Waals surface area contributed by atoms with Gasteiger partial charge in [0, 0.05) is 0 Å². The zero-order chi connectivity index (χ0) is 14.4. The Kier molecular flexibility index (Phi) is 5.43. The van der Waals surface area contributed by atoms with Crippen LogP contribution in [0.4, 0.5) is 5.69 Å². The largest absolute Gasteiger partial charge is 0.493 e. The molecule has 0 saturated heterocycles. The molecule has 0 aromatic heterocycles. The van der Waals surface area contributed by atoms with Crippen molar-refractivity contribution in [3.05, 3.63) is 27.8 Å². The minimum Gasteiger partial charge on any atom is -0.493 e. The normalized spacial score (nSPS) is 9.84. The molecule has 1 aromatic carbocycles. The van der Waals surface area contributed by atoms with Gasteiger partial charge < -0.3 is 14.2 Å². The van der Waals surface area contributed by atoms with E-state index in [0.29, 0.717) is 5.75 Å². The zero-order valence-electron chi connectivity index (χ0n) is 10.4. The van der Waals surface area contributed by atoms with Gasteiger partial charge in [0.05, 0.1) is 36.5 Å². The molecule has 1 aromatic rings. The fourth-order valence-electron chi connectivity index (χ4n) is 1.40. The van der Waals surface area contributed by atoms with Crippen LogP contribution < -0.4 is 9.47 Å². The third kappa shape index (κ3) is 3.75. The molecular formula is C11H13NO6S. The minimum atomic E-state index is -0.578. The summed E-state index contributed by atoms with van der Waals surface area (Å²) in [5.41, 5.74) is 0.0161. The Labute approximate surface area is 115 Å². The summed E-state index contributed by atoms with van der Waals surface area (Å²) in [4.78, 5) is 21.4. The number of esters is 1. The lowest BCUT2D eigenvalue weighted by Gasteiger charge is -2.10. The Bertz CT molecular complexity index is 490. The summed E-state index contributed by atoms with van der Waals surface area (Å²) in [6, 6.07) is 2.63. The molecule has 0 radical (unpaired) electrons. The molecule has 7 nitrogen and oxygen atoms in total. The summed E-state index contributed by atoms with van der Waals surface area (Å²) in [5, 5.41) is 11.0. The second kappa shape index (κ2) is 6.83. The van der Waals surface area contributed by atoms with Crippen molar-refractivity contribution in [1.82, 2.24) is 0 Å². The minimum absolute atomic E-state index is 0.0961. The third-order valence-electron chi connectivity index (χ3n) is 2.30. The molecule has 0 unspecified atom stereocenters. The van der Waals surface area contributed by atoms with Gasteiger partial charge in [-0.1, -0.05) is 0 Å². The van der Waals surface area contributed by atoms with E-state index in [2.05, 4.69) is 12.6 Å². The quantitative estimate of drug-likeness (QED) is 0.370. The van der Waals surface area contributed by atoms with Crippen LogP contribution in [0.5, 0.6) is 11.5 Å². The molecule has 19 heavy (non-hydrogen) atoms. The second-order valence-electron chi connectivity index (χ2n) is 3.41. The van der Waals surface area contributed by atoms with E-state index in [0.717, 1.165) is 0 Å². The SMILES string of the molecule is COc1cc(COC(=O)CS)c([N+](=O)[O-])cc1OC. The number of hydrogen-bond acceptors (Lipinski definition) is 7. The predicted molar refractivity (Wildman–Crippen MR) is 69.8 cm³/mol. The van der Waals surface area contributed by atoms with E-state index < -0.39 is 10.9 Å². The maximum absolute atomic E-state index is 11.0. The van der Waals surface area contributed by atoms with Gasteiger partial charge in [-0.25, -0.2) is 0 Å². The first kappa shape index (κ1) is 15.1. The average Bonchev–Trinajstić information content (AvgIpc) is 2.43. The fourth-order valence-corrected chi connectivity index (χ4v) is 1.49. The van der Waals surface area contributed by atoms with Crippen molar-refractivity contribution in [2.24, 2.45) is 0 Å². The summed E-state index contributed by atoms with van der Waals surface area (Å²) in [5.74, 6) is -0.0999. The van der Waals surface area contributed by atoms with Crippen LogP contribution in [0.1, 0.15) is 5.56 Å². The van der Waals surface area contributed by atoms with Crippen LogP contribution >= 0.6 is 12.6 Å². The molecule has 0 spiro atoms. The van der Waals surface area contributed by atoms with Crippen molar-refractivity contribution in [2.45, 2.75) is 6.61 Å². The molecule has 0 atom stereocenters. The van der Waals surface area contributed by atoms with Crippen LogP contribution in [0.15, 0.2) is 12.1 Å². The van der Waals surface area contributed by atoms with Gasteiger partial charge in [-0.2, -0.15) is 12.6 Å². The molecule has 0 amide bonds. The number of carbonyl (C=O) groups excluding carboxylic acids is 1. The van der Waals surface area contributed by atoms with E-state index in [4.69, 9.17) is 14.2 Å². The Hall–Kier alpha value is -1.96. The molecule has 0 bridgehead atoms. The molecule has 0 fully saturated rings. The number of carbonyl (C=O) groups is 1. The first-order valence-electron chi connectivity index (χ1n) is 5.19. The van der Waals surface area contributed by atoms with E-state index in [9.17, 15) is 14.9 Å². The van der Waals surface area contributed by atoms with Gasteiger partial charge in [-0.3, -0.25) is 14.9 Å². The van der Waals surface area contributed by atoms with Gasteiger partial charge in [-0.05, 0) is 6.07 Å². The average molecular weight is 287 g/mol. The highest BCUT2D eigenvalue weighted by atomic mass is 32.1. The summed E-state index contributed by atoms with van der Waals surface area (Å²) in [6.45, 7) is -0.226. The number of nitro benzene ring substituents is 1. The lowest BCUT2D eigenvalue weighted by atomic mass is 10.1. The number of rotatable bonds is 6. The van der Waals surface area contributed by atoms with Gasteiger partial charge in [0.1, 0.15) is 6.61 Å². The number of ether oxygens (including phenoxy) is 3. The third-order valence-corrected chi connectivity index (χ3v) is 2.56. The first-order chi connectivity index (χ1) is 9.03. The summed E-state index contributed by atoms with van der Waals surface area (Å²) < 4.78 is 14.8. The van der Waals surface area contributed by atoms with Crippen molar-refractivity contribution in [1.29, 1.82) is 0 Å². The highest BCUT2D eigenvalue weighted by Gasteiger charge is 2.20. The van der Waals surface area contributed by atoms with Gasteiger partial charge in [0.15, 0.2) is 11.5 Å². The Balaban J connectivity index is 3.12. The van der Waals surface area contributed by atoms with Crippen molar-refractivity contribution < 1.29 is 23.9 Å². The number of methoxy groups -OCH3 is 2. The molecule has 0 N–H and O–H groups in total. The number of nitro groups is 1. The van der Waals surface area contributed by atoms with E-state index in [1.54, 1.807) is 0 Å². The van der Waals surface area contributed by atoms with Crippen LogP contribution in [0.25, 0.3) is 0 Å². The van der Waals surface area contributed by atoms with Gasteiger partial charge in [-0.15, -0.1) is 0 Å². The predicted octanol–water partition coefficient (Wildman–Crippen LogP) is 1.58.